The first-order valence-electron chi connectivity index (χ1n) is 13.6. The molecule has 3 amide bonds. The van der Waals surface area contributed by atoms with E-state index in [1.54, 1.807) is 38.6 Å². The number of rotatable bonds is 10. The number of nitrogens with zero attached hydrogens (tertiary/aromatic N) is 3. The van der Waals surface area contributed by atoms with Gasteiger partial charge in [0.1, 0.15) is 6.04 Å². The molecule has 1 aromatic rings. The summed E-state index contributed by atoms with van der Waals surface area (Å²) in [4.78, 5) is 48.1. The second kappa shape index (κ2) is 10.9. The van der Waals surface area contributed by atoms with Gasteiger partial charge in [0.2, 0.25) is 17.7 Å². The highest BCUT2D eigenvalue weighted by molar-refractivity contribution is 8.02. The maximum Gasteiger partial charge on any atom is 0.247 e. The fourth-order valence-electron chi connectivity index (χ4n) is 6.67. The first-order chi connectivity index (χ1) is 18.1. The van der Waals surface area contributed by atoms with Crippen molar-refractivity contribution in [2.24, 2.45) is 11.8 Å². The number of aliphatic hydroxyl groups is 1. The minimum absolute atomic E-state index is 0.0402. The van der Waals surface area contributed by atoms with Crippen molar-refractivity contribution in [3.05, 3.63) is 55.6 Å². The molecule has 1 spiro atoms. The first kappa shape index (κ1) is 28.4. The zero-order valence-electron chi connectivity index (χ0n) is 23.0. The molecule has 4 rings (SSSR count). The van der Waals surface area contributed by atoms with Crippen LogP contribution in [-0.4, -0.2) is 79.9 Å². The van der Waals surface area contributed by atoms with E-state index in [0.717, 1.165) is 12.1 Å². The second-order valence-corrected chi connectivity index (χ2v) is 13.1. The van der Waals surface area contributed by atoms with Gasteiger partial charge >= 0.3 is 0 Å². The van der Waals surface area contributed by atoms with Crippen LogP contribution in [0.25, 0.3) is 0 Å². The molecule has 3 aliphatic rings. The van der Waals surface area contributed by atoms with E-state index < -0.39 is 34.2 Å². The van der Waals surface area contributed by atoms with E-state index in [-0.39, 0.29) is 29.6 Å². The number of aliphatic hydroxyl groups excluding tert-OH is 1. The van der Waals surface area contributed by atoms with Crippen LogP contribution in [0, 0.1) is 11.8 Å². The van der Waals surface area contributed by atoms with Crippen LogP contribution in [0.5, 0.6) is 0 Å². The average Bonchev–Trinajstić information content (AvgIpc) is 3.53. The number of anilines is 1. The summed E-state index contributed by atoms with van der Waals surface area (Å²) in [7, 11) is 0. The van der Waals surface area contributed by atoms with E-state index in [4.69, 9.17) is 0 Å². The van der Waals surface area contributed by atoms with Crippen LogP contribution in [0.1, 0.15) is 47.0 Å². The van der Waals surface area contributed by atoms with Crippen molar-refractivity contribution in [3.8, 4) is 0 Å². The van der Waals surface area contributed by atoms with E-state index in [9.17, 15) is 19.5 Å². The van der Waals surface area contributed by atoms with Crippen molar-refractivity contribution in [2.75, 3.05) is 24.6 Å². The van der Waals surface area contributed by atoms with Gasteiger partial charge < -0.3 is 19.8 Å². The number of hydrogen-bond donors (Lipinski definition) is 1. The van der Waals surface area contributed by atoms with Gasteiger partial charge in [0.05, 0.1) is 29.2 Å². The van der Waals surface area contributed by atoms with E-state index in [1.807, 2.05) is 58.0 Å². The fourth-order valence-corrected chi connectivity index (χ4v) is 8.86. The monoisotopic (exact) mass is 539 g/mol. The van der Waals surface area contributed by atoms with Crippen LogP contribution < -0.4 is 4.90 Å². The van der Waals surface area contributed by atoms with Crippen molar-refractivity contribution in [1.82, 2.24) is 9.80 Å². The smallest absolute Gasteiger partial charge is 0.247 e. The molecule has 8 heteroatoms. The lowest BCUT2D eigenvalue weighted by atomic mass is 9.70. The molecule has 3 aliphatic heterocycles. The quantitative estimate of drug-likeness (QED) is 0.457. The number of amides is 3. The SMILES string of the molecule is C=CCN(C(=O)[C@@H]1[C@@H]2CCC3(S2)C(C(=O)N(CC=C)C(C)(C)C)N([C@@H](CC)CO)C(=O)[C@H]13)c1ccccc1. The number of benzene rings is 1. The van der Waals surface area contributed by atoms with Crippen LogP contribution in [-0.2, 0) is 14.4 Å². The van der Waals surface area contributed by atoms with Gasteiger partial charge in [0.25, 0.3) is 0 Å². The van der Waals surface area contributed by atoms with Gasteiger partial charge in [-0.25, -0.2) is 0 Å². The Labute approximate surface area is 230 Å². The Morgan fingerprint density at radius 1 is 1.18 bits per heavy atom. The Morgan fingerprint density at radius 2 is 1.84 bits per heavy atom. The number of hydrogen-bond acceptors (Lipinski definition) is 5. The highest BCUT2D eigenvalue weighted by Crippen LogP contribution is 2.67. The Bertz CT molecular complexity index is 1080. The highest BCUT2D eigenvalue weighted by Gasteiger charge is 2.74. The molecule has 38 heavy (non-hydrogen) atoms. The number of thioether (sulfide) groups is 1. The standard InChI is InChI=1S/C30H41N3O4S/c1-7-17-31(21-13-11-10-12-14-21)26(35)23-22-15-16-30(38-22)24(23)27(36)33(20(9-3)19-34)25(30)28(37)32(18-8-2)29(4,5)6/h7-8,10-14,20,22-25,34H,1-2,9,15-19H2,3-6H3/t20-,22-,23+,24-,25?,30?/m0/s1. The summed E-state index contributed by atoms with van der Waals surface area (Å²) in [5.74, 6) is -1.57. The number of carbonyl (C=O) groups is 3. The van der Waals surface area contributed by atoms with Gasteiger partial charge in [-0.15, -0.1) is 24.9 Å². The summed E-state index contributed by atoms with van der Waals surface area (Å²) in [6, 6.07) is 8.23. The summed E-state index contributed by atoms with van der Waals surface area (Å²) >= 11 is 1.65. The Hall–Kier alpha value is -2.58. The van der Waals surface area contributed by atoms with Crippen molar-refractivity contribution in [1.29, 1.82) is 0 Å². The van der Waals surface area contributed by atoms with E-state index >= 15 is 0 Å². The van der Waals surface area contributed by atoms with E-state index in [1.165, 1.54) is 0 Å². The Balaban J connectivity index is 1.80. The molecule has 3 saturated heterocycles. The van der Waals surface area contributed by atoms with Gasteiger partial charge in [0.15, 0.2) is 0 Å². The predicted octanol–water partition coefficient (Wildman–Crippen LogP) is 3.88. The third-order valence-electron chi connectivity index (χ3n) is 8.37. The third-order valence-corrected chi connectivity index (χ3v) is 10.3. The second-order valence-electron chi connectivity index (χ2n) is 11.5. The minimum atomic E-state index is -0.742. The fraction of sp³-hybridized carbons (Fsp3) is 0.567. The van der Waals surface area contributed by atoms with Crippen LogP contribution in [0.4, 0.5) is 5.69 Å². The maximum atomic E-state index is 14.4. The van der Waals surface area contributed by atoms with Gasteiger partial charge in [0, 0.05) is 29.6 Å². The molecule has 2 bridgehead atoms. The molecule has 6 atom stereocenters. The minimum Gasteiger partial charge on any atom is -0.394 e. The average molecular weight is 540 g/mol. The van der Waals surface area contributed by atoms with Crippen LogP contribution in [0.3, 0.4) is 0 Å². The lowest BCUT2D eigenvalue weighted by molar-refractivity contribution is -0.148. The van der Waals surface area contributed by atoms with Crippen LogP contribution in [0.15, 0.2) is 55.6 Å². The number of para-hydroxylation sites is 1. The third kappa shape index (κ3) is 4.49. The predicted molar refractivity (Wildman–Crippen MR) is 153 cm³/mol. The van der Waals surface area contributed by atoms with E-state index in [0.29, 0.717) is 25.9 Å². The van der Waals surface area contributed by atoms with Crippen molar-refractivity contribution in [3.63, 3.8) is 0 Å². The summed E-state index contributed by atoms with van der Waals surface area (Å²) in [5.41, 5.74) is 0.279. The van der Waals surface area contributed by atoms with Gasteiger partial charge in [-0.2, -0.15) is 0 Å². The van der Waals surface area contributed by atoms with Crippen molar-refractivity contribution < 1.29 is 19.5 Å². The zero-order valence-corrected chi connectivity index (χ0v) is 23.8. The summed E-state index contributed by atoms with van der Waals surface area (Å²) in [5, 5.41) is 10.2. The molecule has 2 unspecified atom stereocenters. The molecule has 0 radical (unpaired) electrons. The zero-order chi connectivity index (χ0) is 27.8. The molecule has 206 valence electrons. The lowest BCUT2D eigenvalue weighted by Crippen LogP contribution is -2.60. The molecule has 0 aromatic heterocycles. The summed E-state index contributed by atoms with van der Waals surface area (Å²) < 4.78 is -0.705. The largest absolute Gasteiger partial charge is 0.394 e. The molecule has 3 heterocycles. The van der Waals surface area contributed by atoms with Gasteiger partial charge in [-0.05, 0) is 52.2 Å². The Kier molecular flexibility index (Phi) is 8.15. The number of carbonyl (C=O) groups excluding carboxylic acids is 3. The molecule has 1 N–H and O–H groups in total. The normalized spacial score (nSPS) is 28.7. The summed E-state index contributed by atoms with van der Waals surface area (Å²) in [6.45, 7) is 16.0. The molecular formula is C30H41N3O4S. The Morgan fingerprint density at radius 3 is 2.39 bits per heavy atom. The molecule has 0 saturated carbocycles. The maximum absolute atomic E-state index is 14.4. The van der Waals surface area contributed by atoms with Gasteiger partial charge in [-0.1, -0.05) is 37.3 Å². The molecule has 3 fully saturated rings. The van der Waals surface area contributed by atoms with Crippen LogP contribution >= 0.6 is 11.8 Å². The van der Waals surface area contributed by atoms with Crippen molar-refractivity contribution >= 4 is 35.2 Å². The lowest BCUT2D eigenvalue weighted by Gasteiger charge is -2.43. The highest BCUT2D eigenvalue weighted by atomic mass is 32.2. The molecular weight excluding hydrogens is 498 g/mol. The van der Waals surface area contributed by atoms with Crippen molar-refractivity contribution in [2.45, 2.75) is 74.6 Å². The van der Waals surface area contributed by atoms with E-state index in [2.05, 4.69) is 13.2 Å². The topological polar surface area (TPSA) is 81.2 Å². The first-order valence-corrected chi connectivity index (χ1v) is 14.5. The molecule has 0 aliphatic carbocycles. The number of likely N-dealkylation sites (tertiary alicyclic amines) is 1. The number of fused-ring (bicyclic) bond motifs is 1. The van der Waals surface area contributed by atoms with Crippen LogP contribution in [0.2, 0.25) is 0 Å². The van der Waals surface area contributed by atoms with Gasteiger partial charge in [-0.3, -0.25) is 14.4 Å². The molecule has 7 nitrogen and oxygen atoms in total. The molecule has 1 aromatic carbocycles. The summed E-state index contributed by atoms with van der Waals surface area (Å²) in [6.07, 6.45) is 5.39.